The molecule has 2 aliphatic heterocycles. The number of rotatable bonds is 3. The van der Waals surface area contributed by atoms with Gasteiger partial charge in [0.25, 0.3) is 5.91 Å². The van der Waals surface area contributed by atoms with E-state index in [1.54, 1.807) is 23.5 Å². The fourth-order valence-electron chi connectivity index (χ4n) is 4.85. The molecule has 0 spiro atoms. The van der Waals surface area contributed by atoms with Gasteiger partial charge in [0.2, 0.25) is 0 Å². The summed E-state index contributed by atoms with van der Waals surface area (Å²) in [6.07, 6.45) is 2.10. The zero-order chi connectivity index (χ0) is 22.4. The van der Waals surface area contributed by atoms with Gasteiger partial charge in [-0.2, -0.15) is 0 Å². The highest BCUT2D eigenvalue weighted by atomic mass is 32.1. The van der Waals surface area contributed by atoms with Gasteiger partial charge in [0.15, 0.2) is 0 Å². The van der Waals surface area contributed by atoms with Crippen molar-refractivity contribution in [3.05, 3.63) is 100 Å². The van der Waals surface area contributed by atoms with E-state index in [0.717, 1.165) is 39.2 Å². The maximum atomic E-state index is 13.6. The molecule has 6 rings (SSSR count). The predicted molar refractivity (Wildman–Crippen MR) is 127 cm³/mol. The van der Waals surface area contributed by atoms with Gasteiger partial charge in [0.1, 0.15) is 11.1 Å². The molecule has 5 nitrogen and oxygen atoms in total. The number of cyclic esters (lactones) is 1. The van der Waals surface area contributed by atoms with E-state index in [1.807, 2.05) is 59.5 Å². The smallest absolute Gasteiger partial charge is 0.339 e. The van der Waals surface area contributed by atoms with Gasteiger partial charge in [-0.05, 0) is 54.3 Å². The number of carbonyl (C=O) groups excluding carboxylic acids is 2. The van der Waals surface area contributed by atoms with Gasteiger partial charge in [-0.3, -0.25) is 4.79 Å². The predicted octanol–water partition coefficient (Wildman–Crippen LogP) is 5.73. The number of thiazole rings is 1. The molecule has 3 heterocycles. The third-order valence-electron chi connectivity index (χ3n) is 6.51. The number of ether oxygens (including phenoxy) is 1. The van der Waals surface area contributed by atoms with Crippen LogP contribution in [0, 0.1) is 0 Å². The molecule has 2 aliphatic rings. The Morgan fingerprint density at radius 1 is 1.03 bits per heavy atom. The topological polar surface area (TPSA) is 59.5 Å². The standard InChI is InChI=1S/C27H22N2O3S/c30-26(29-14-6-10-22(29)25-28-21-9-4-5-11-24(21)33-25)18-12-13-20-19(15-18)16-23(32-27(20)31)17-7-2-1-3-8-17/h1-5,7-9,11-13,15,22-23H,6,10,14,16H2. The molecule has 0 aliphatic carbocycles. The summed E-state index contributed by atoms with van der Waals surface area (Å²) in [6, 6.07) is 23.2. The first-order valence-corrected chi connectivity index (χ1v) is 12.0. The molecule has 2 unspecified atom stereocenters. The van der Waals surface area contributed by atoms with Crippen molar-refractivity contribution < 1.29 is 14.3 Å². The number of nitrogens with zero attached hydrogens (tertiary/aromatic N) is 2. The van der Waals surface area contributed by atoms with Crippen LogP contribution in [0.3, 0.4) is 0 Å². The van der Waals surface area contributed by atoms with Crippen molar-refractivity contribution in [1.29, 1.82) is 0 Å². The molecule has 0 N–H and O–H groups in total. The van der Waals surface area contributed by atoms with Gasteiger partial charge in [-0.1, -0.05) is 42.5 Å². The number of fused-ring (bicyclic) bond motifs is 2. The van der Waals surface area contributed by atoms with Crippen LogP contribution in [-0.2, 0) is 11.2 Å². The van der Waals surface area contributed by atoms with Crippen molar-refractivity contribution in [3.8, 4) is 0 Å². The maximum absolute atomic E-state index is 13.6. The Labute approximate surface area is 195 Å². The number of benzene rings is 3. The van der Waals surface area contributed by atoms with Crippen LogP contribution in [0.2, 0.25) is 0 Å². The summed E-state index contributed by atoms with van der Waals surface area (Å²) < 4.78 is 6.81. The van der Waals surface area contributed by atoms with Crippen LogP contribution in [0.25, 0.3) is 10.2 Å². The number of aromatic nitrogens is 1. The molecule has 0 saturated carbocycles. The van der Waals surface area contributed by atoms with Crippen molar-refractivity contribution >= 4 is 33.4 Å². The van der Waals surface area contributed by atoms with E-state index in [-0.39, 0.29) is 24.0 Å². The number of amides is 1. The normalized spacial score (nSPS) is 20.0. The lowest BCUT2D eigenvalue weighted by Crippen LogP contribution is -2.31. The van der Waals surface area contributed by atoms with Crippen LogP contribution in [0.4, 0.5) is 0 Å². The van der Waals surface area contributed by atoms with Gasteiger partial charge in [-0.25, -0.2) is 9.78 Å². The molecule has 4 aromatic rings. The molecule has 1 aromatic heterocycles. The molecular weight excluding hydrogens is 432 g/mol. The molecule has 3 aromatic carbocycles. The number of hydrogen-bond donors (Lipinski definition) is 0. The largest absolute Gasteiger partial charge is 0.454 e. The lowest BCUT2D eigenvalue weighted by molar-refractivity contribution is 0.0252. The van der Waals surface area contributed by atoms with E-state index in [4.69, 9.17) is 9.72 Å². The van der Waals surface area contributed by atoms with Gasteiger partial charge >= 0.3 is 5.97 Å². The minimum atomic E-state index is -0.336. The first-order valence-electron chi connectivity index (χ1n) is 11.2. The molecular formula is C27H22N2O3S. The number of esters is 1. The van der Waals surface area contributed by atoms with E-state index >= 15 is 0 Å². The zero-order valence-electron chi connectivity index (χ0n) is 17.9. The third kappa shape index (κ3) is 3.60. The second-order valence-corrected chi connectivity index (χ2v) is 9.62. The summed E-state index contributed by atoms with van der Waals surface area (Å²) in [5.41, 5.74) is 3.97. The van der Waals surface area contributed by atoms with Crippen molar-refractivity contribution in [2.75, 3.05) is 6.54 Å². The van der Waals surface area contributed by atoms with Crippen LogP contribution in [0.15, 0.2) is 72.8 Å². The summed E-state index contributed by atoms with van der Waals surface area (Å²) in [6.45, 7) is 0.713. The lowest BCUT2D eigenvalue weighted by Gasteiger charge is -2.27. The van der Waals surface area contributed by atoms with Crippen molar-refractivity contribution in [2.45, 2.75) is 31.4 Å². The maximum Gasteiger partial charge on any atom is 0.339 e. The number of para-hydroxylation sites is 1. The molecule has 0 bridgehead atoms. The summed E-state index contributed by atoms with van der Waals surface area (Å²) >= 11 is 1.67. The highest BCUT2D eigenvalue weighted by molar-refractivity contribution is 7.18. The molecule has 1 saturated heterocycles. The highest BCUT2D eigenvalue weighted by Gasteiger charge is 2.34. The Morgan fingerprint density at radius 3 is 2.70 bits per heavy atom. The van der Waals surface area contributed by atoms with Gasteiger partial charge in [-0.15, -0.1) is 11.3 Å². The Hall–Kier alpha value is -3.51. The van der Waals surface area contributed by atoms with Crippen LogP contribution in [0.1, 0.15) is 61.8 Å². The van der Waals surface area contributed by atoms with Gasteiger partial charge in [0, 0.05) is 18.5 Å². The molecule has 0 radical (unpaired) electrons. The molecule has 164 valence electrons. The minimum absolute atomic E-state index is 0.00485. The number of likely N-dealkylation sites (tertiary alicyclic amines) is 1. The highest BCUT2D eigenvalue weighted by Crippen LogP contribution is 2.38. The monoisotopic (exact) mass is 454 g/mol. The Kier molecular flexibility index (Phi) is 4.95. The Bertz CT molecular complexity index is 1330. The summed E-state index contributed by atoms with van der Waals surface area (Å²) in [5, 5.41) is 0.993. The first kappa shape index (κ1) is 20.1. The summed E-state index contributed by atoms with van der Waals surface area (Å²) in [7, 11) is 0. The molecule has 1 amide bonds. The van der Waals surface area contributed by atoms with E-state index in [9.17, 15) is 9.59 Å². The van der Waals surface area contributed by atoms with Crippen molar-refractivity contribution in [2.24, 2.45) is 0 Å². The lowest BCUT2D eigenvalue weighted by atomic mass is 9.93. The van der Waals surface area contributed by atoms with Crippen LogP contribution in [0.5, 0.6) is 0 Å². The quantitative estimate of drug-likeness (QED) is 0.371. The van der Waals surface area contributed by atoms with Gasteiger partial charge in [0.05, 0.1) is 21.8 Å². The fourth-order valence-corrected chi connectivity index (χ4v) is 5.96. The first-order chi connectivity index (χ1) is 16.2. The summed E-state index contributed by atoms with van der Waals surface area (Å²) in [5.74, 6) is -0.340. The minimum Gasteiger partial charge on any atom is -0.454 e. The van der Waals surface area contributed by atoms with Crippen LogP contribution < -0.4 is 0 Å². The second kappa shape index (κ2) is 8.12. The Morgan fingerprint density at radius 2 is 1.85 bits per heavy atom. The van der Waals surface area contributed by atoms with E-state index in [0.29, 0.717) is 24.1 Å². The van der Waals surface area contributed by atoms with E-state index in [2.05, 4.69) is 6.07 Å². The van der Waals surface area contributed by atoms with Crippen molar-refractivity contribution in [1.82, 2.24) is 9.88 Å². The molecule has 33 heavy (non-hydrogen) atoms. The van der Waals surface area contributed by atoms with E-state index in [1.165, 1.54) is 0 Å². The average molecular weight is 455 g/mol. The number of carbonyl (C=O) groups is 2. The molecule has 6 heteroatoms. The van der Waals surface area contributed by atoms with Crippen LogP contribution in [-0.4, -0.2) is 28.3 Å². The van der Waals surface area contributed by atoms with Gasteiger partial charge < -0.3 is 9.64 Å². The zero-order valence-corrected chi connectivity index (χ0v) is 18.8. The van der Waals surface area contributed by atoms with E-state index < -0.39 is 0 Å². The SMILES string of the molecule is O=C1OC(c2ccccc2)Cc2cc(C(=O)N3CCCC3c3nc4ccccc4s3)ccc21. The fraction of sp³-hybridized carbons (Fsp3) is 0.222. The molecule has 2 atom stereocenters. The number of hydrogen-bond acceptors (Lipinski definition) is 5. The van der Waals surface area contributed by atoms with Crippen LogP contribution >= 0.6 is 11.3 Å². The third-order valence-corrected chi connectivity index (χ3v) is 7.64. The van der Waals surface area contributed by atoms with Crippen molar-refractivity contribution in [3.63, 3.8) is 0 Å². The Balaban J connectivity index is 1.29. The second-order valence-electron chi connectivity index (χ2n) is 8.56. The summed E-state index contributed by atoms with van der Waals surface area (Å²) in [4.78, 5) is 32.9. The average Bonchev–Trinajstić information content (AvgIpc) is 3.51. The molecule has 1 fully saturated rings.